The van der Waals surface area contributed by atoms with Gasteiger partial charge in [0.05, 0.1) is 6.61 Å². The summed E-state index contributed by atoms with van der Waals surface area (Å²) in [6.07, 6.45) is 35.6. The summed E-state index contributed by atoms with van der Waals surface area (Å²) >= 11 is 0. The van der Waals surface area contributed by atoms with Crippen LogP contribution >= 0.6 is 0 Å². The number of ether oxygens (including phenoxy) is 1. The Bertz CT molecular complexity index is 554. The van der Waals surface area contributed by atoms with Gasteiger partial charge in [-0.15, -0.1) is 0 Å². The Morgan fingerprint density at radius 3 is 1.18 bits per heavy atom. The zero-order valence-electron chi connectivity index (χ0n) is 28.3. The number of esters is 1. The van der Waals surface area contributed by atoms with Crippen LogP contribution in [-0.2, 0) is 9.53 Å². The van der Waals surface area contributed by atoms with E-state index in [9.17, 15) is 4.79 Å². The van der Waals surface area contributed by atoms with Crippen molar-refractivity contribution in [2.45, 2.75) is 202 Å². The van der Waals surface area contributed by atoms with Crippen LogP contribution in [0.15, 0.2) is 12.2 Å². The maximum absolute atomic E-state index is 12.0. The molecular weight excluding hydrogens is 488 g/mol. The molecule has 0 saturated carbocycles. The second-order valence-electron chi connectivity index (χ2n) is 13.6. The highest BCUT2D eigenvalue weighted by Gasteiger charge is 2.13. The Hall–Kier alpha value is -0.790. The molecule has 0 spiro atoms. The summed E-state index contributed by atoms with van der Waals surface area (Å²) in [5, 5.41) is 0. The van der Waals surface area contributed by atoms with Crippen LogP contribution in [0.1, 0.15) is 202 Å². The van der Waals surface area contributed by atoms with Gasteiger partial charge in [-0.2, -0.15) is 0 Å². The van der Waals surface area contributed by atoms with Crippen molar-refractivity contribution in [3.8, 4) is 0 Å². The minimum atomic E-state index is -0.219. The van der Waals surface area contributed by atoms with Crippen molar-refractivity contribution < 1.29 is 9.53 Å². The summed E-state index contributed by atoms with van der Waals surface area (Å²) in [5.41, 5.74) is 0.517. The average molecular weight is 563 g/mol. The van der Waals surface area contributed by atoms with E-state index in [2.05, 4.69) is 34.3 Å². The first-order valence-electron chi connectivity index (χ1n) is 18.2. The van der Waals surface area contributed by atoms with Crippen LogP contribution in [0.25, 0.3) is 0 Å². The first kappa shape index (κ1) is 39.2. The number of carbonyl (C=O) groups is 1. The fourth-order valence-electron chi connectivity index (χ4n) is 6.02. The molecule has 0 amide bonds. The predicted octanol–water partition coefficient (Wildman–Crippen LogP) is 13.2. The molecule has 0 heterocycles. The van der Waals surface area contributed by atoms with E-state index in [1.165, 1.54) is 167 Å². The third kappa shape index (κ3) is 27.4. The van der Waals surface area contributed by atoms with Crippen LogP contribution in [0.4, 0.5) is 0 Å². The summed E-state index contributed by atoms with van der Waals surface area (Å²) < 4.78 is 5.58. The molecule has 0 aliphatic carbocycles. The Morgan fingerprint density at radius 2 is 0.825 bits per heavy atom. The highest BCUT2D eigenvalue weighted by Crippen LogP contribution is 2.23. The van der Waals surface area contributed by atoms with Gasteiger partial charge in [-0.05, 0) is 37.5 Å². The van der Waals surface area contributed by atoms with E-state index < -0.39 is 0 Å². The van der Waals surface area contributed by atoms with Gasteiger partial charge in [0, 0.05) is 5.57 Å². The van der Waals surface area contributed by atoms with E-state index in [0.29, 0.717) is 18.1 Å². The van der Waals surface area contributed by atoms with Crippen LogP contribution in [0.5, 0.6) is 0 Å². The summed E-state index contributed by atoms with van der Waals surface area (Å²) in [6.45, 7) is 15.6. The van der Waals surface area contributed by atoms with Crippen LogP contribution in [0.2, 0.25) is 0 Å². The second kappa shape index (κ2) is 29.7. The van der Waals surface area contributed by atoms with E-state index in [0.717, 1.165) is 11.8 Å². The van der Waals surface area contributed by atoms with Gasteiger partial charge in [0.2, 0.25) is 0 Å². The zero-order chi connectivity index (χ0) is 29.7. The molecule has 0 bridgehead atoms. The van der Waals surface area contributed by atoms with Crippen LogP contribution < -0.4 is 0 Å². The quantitative estimate of drug-likeness (QED) is 0.0477. The van der Waals surface area contributed by atoms with Crippen molar-refractivity contribution in [2.24, 2.45) is 17.8 Å². The number of unbranched alkanes of at least 4 members (excludes halogenated alkanes) is 16. The van der Waals surface area contributed by atoms with Gasteiger partial charge in [-0.1, -0.05) is 188 Å². The first-order valence-corrected chi connectivity index (χ1v) is 18.2. The molecule has 3 atom stereocenters. The van der Waals surface area contributed by atoms with E-state index in [1.807, 2.05) is 0 Å². The van der Waals surface area contributed by atoms with Crippen molar-refractivity contribution in [1.29, 1.82) is 0 Å². The molecule has 0 saturated heterocycles. The number of rotatable bonds is 31. The molecule has 0 aromatic carbocycles. The lowest BCUT2D eigenvalue weighted by molar-refractivity contribution is -0.140. The molecule has 238 valence electrons. The second-order valence-corrected chi connectivity index (χ2v) is 13.6. The molecule has 0 aliphatic heterocycles. The molecule has 2 nitrogen and oxygen atoms in total. The van der Waals surface area contributed by atoms with Gasteiger partial charge in [0.25, 0.3) is 0 Å². The molecule has 40 heavy (non-hydrogen) atoms. The highest BCUT2D eigenvalue weighted by atomic mass is 16.5. The summed E-state index contributed by atoms with van der Waals surface area (Å²) in [6, 6.07) is 0. The highest BCUT2D eigenvalue weighted by molar-refractivity contribution is 5.86. The van der Waals surface area contributed by atoms with E-state index in [-0.39, 0.29) is 5.97 Å². The van der Waals surface area contributed by atoms with E-state index in [1.54, 1.807) is 6.92 Å². The van der Waals surface area contributed by atoms with Crippen LogP contribution in [0.3, 0.4) is 0 Å². The van der Waals surface area contributed by atoms with Crippen LogP contribution in [-0.4, -0.2) is 12.6 Å². The lowest BCUT2D eigenvalue weighted by atomic mass is 9.92. The number of hydrogen-bond acceptors (Lipinski definition) is 2. The molecule has 0 radical (unpaired) electrons. The third-order valence-electron chi connectivity index (χ3n) is 9.02. The monoisotopic (exact) mass is 563 g/mol. The maximum atomic E-state index is 12.0. The minimum absolute atomic E-state index is 0.219. The molecule has 2 heteroatoms. The van der Waals surface area contributed by atoms with Gasteiger partial charge >= 0.3 is 5.97 Å². The van der Waals surface area contributed by atoms with Crippen molar-refractivity contribution in [3.05, 3.63) is 12.2 Å². The first-order chi connectivity index (χ1) is 19.4. The summed E-state index contributed by atoms with van der Waals surface area (Å²) in [5.74, 6) is 2.07. The fraction of sp³-hybridized carbons (Fsp3) is 0.921. The van der Waals surface area contributed by atoms with Crippen molar-refractivity contribution in [3.63, 3.8) is 0 Å². The molecule has 0 aliphatic rings. The minimum Gasteiger partial charge on any atom is -0.462 e. The zero-order valence-corrected chi connectivity index (χ0v) is 28.3. The number of carbonyl (C=O) groups excluding carboxylic acids is 1. The van der Waals surface area contributed by atoms with Gasteiger partial charge in [-0.3, -0.25) is 0 Å². The Balaban J connectivity index is 3.98. The molecule has 0 fully saturated rings. The number of hydrogen-bond donors (Lipinski definition) is 0. The largest absolute Gasteiger partial charge is 0.462 e. The summed E-state index contributed by atoms with van der Waals surface area (Å²) in [4.78, 5) is 12.0. The SMILES string of the molecule is C=C(C)C(=O)OCC(CCCCCCCC(C)CCCCCCCC)CCCCCC(C)CCCCCCCC. The molecule has 0 aromatic rings. The Labute approximate surface area is 253 Å². The standard InChI is InChI=1S/C38H74O2/c1-7-9-11-13-16-21-27-35(5)29-23-18-15-19-25-31-37(33-40-38(39)34(3)4)32-26-20-24-30-36(6)28-22-17-14-12-10-8-2/h35-37H,3,7-33H2,1-2,4-6H3. The van der Waals surface area contributed by atoms with Crippen LogP contribution in [0, 0.1) is 17.8 Å². The maximum Gasteiger partial charge on any atom is 0.333 e. The normalized spacial score (nSPS) is 13.7. The van der Waals surface area contributed by atoms with Gasteiger partial charge < -0.3 is 4.74 Å². The van der Waals surface area contributed by atoms with Crippen molar-refractivity contribution in [1.82, 2.24) is 0 Å². The average Bonchev–Trinajstić information content (AvgIpc) is 2.93. The smallest absolute Gasteiger partial charge is 0.333 e. The third-order valence-corrected chi connectivity index (χ3v) is 9.02. The molecule has 3 unspecified atom stereocenters. The summed E-state index contributed by atoms with van der Waals surface area (Å²) in [7, 11) is 0. The predicted molar refractivity (Wildman–Crippen MR) is 179 cm³/mol. The van der Waals surface area contributed by atoms with Gasteiger partial charge in [0.1, 0.15) is 0 Å². The van der Waals surface area contributed by atoms with Crippen molar-refractivity contribution in [2.75, 3.05) is 6.61 Å². The van der Waals surface area contributed by atoms with Gasteiger partial charge in [-0.25, -0.2) is 4.79 Å². The molecule has 0 aromatic heterocycles. The van der Waals surface area contributed by atoms with E-state index in [4.69, 9.17) is 4.74 Å². The van der Waals surface area contributed by atoms with Gasteiger partial charge in [0.15, 0.2) is 0 Å². The Kier molecular flexibility index (Phi) is 29.1. The topological polar surface area (TPSA) is 26.3 Å². The molecule has 0 N–H and O–H groups in total. The van der Waals surface area contributed by atoms with Crippen molar-refractivity contribution >= 4 is 5.97 Å². The lowest BCUT2D eigenvalue weighted by Crippen LogP contribution is -2.15. The van der Waals surface area contributed by atoms with E-state index >= 15 is 0 Å². The lowest BCUT2D eigenvalue weighted by Gasteiger charge is -2.18. The molecular formula is C38H74O2. The fourth-order valence-corrected chi connectivity index (χ4v) is 6.02. The Morgan fingerprint density at radius 1 is 0.525 bits per heavy atom. The molecule has 0 rings (SSSR count).